The molecule has 0 radical (unpaired) electrons. The van der Waals surface area contributed by atoms with Gasteiger partial charge in [-0.2, -0.15) is 4.52 Å². The summed E-state index contributed by atoms with van der Waals surface area (Å²) in [6.07, 6.45) is 0.419. The minimum Gasteiger partial charge on any atom is -0.241 e. The lowest BCUT2D eigenvalue weighted by Gasteiger charge is -1.89. The maximum absolute atomic E-state index is 10.5. The fourth-order valence-corrected chi connectivity index (χ4v) is 0.551. The summed E-state index contributed by atoms with van der Waals surface area (Å²) in [4.78, 5) is 18.6. The third kappa shape index (κ3) is 3.33. The number of carbonyl (C=O) groups excluding carboxylic acids is 1. The van der Waals surface area contributed by atoms with E-state index >= 15 is 0 Å². The van der Waals surface area contributed by atoms with Crippen LogP contribution in [0, 0.1) is 0 Å². The van der Waals surface area contributed by atoms with E-state index < -0.39 is 14.2 Å². The molecule has 0 saturated carbocycles. The summed E-state index contributed by atoms with van der Waals surface area (Å²) in [6, 6.07) is 0. The van der Waals surface area contributed by atoms with Crippen molar-refractivity contribution >= 4 is 14.2 Å². The molecule has 0 saturated heterocycles. The lowest BCUT2D eigenvalue weighted by Crippen LogP contribution is -2.00. The number of rotatable bonds is 3. The molecule has 0 aromatic heterocycles. The van der Waals surface area contributed by atoms with Crippen LogP contribution in [0.2, 0.25) is 0 Å². The molecule has 0 aliphatic rings. The summed E-state index contributed by atoms with van der Waals surface area (Å²) in [5.74, 6) is -0.814. The summed E-state index contributed by atoms with van der Waals surface area (Å²) >= 11 is 0. The number of hydrogen-bond acceptors (Lipinski definition) is 3. The monoisotopic (exact) mass is 163 g/mol. The highest BCUT2D eigenvalue weighted by Crippen LogP contribution is 2.17. The molecule has 5 heteroatoms. The van der Waals surface area contributed by atoms with Gasteiger partial charge in [-0.25, -0.2) is 4.79 Å². The zero-order valence-electron chi connectivity index (χ0n) is 5.53. The molecular weight excluding hydrogens is 155 g/mol. The van der Waals surface area contributed by atoms with Crippen molar-refractivity contribution in [3.8, 4) is 0 Å². The summed E-state index contributed by atoms with van der Waals surface area (Å²) in [5, 5.41) is 0. The molecule has 0 aromatic carbocycles. The van der Waals surface area contributed by atoms with Gasteiger partial charge in [0, 0.05) is 10.1 Å². The van der Waals surface area contributed by atoms with Crippen LogP contribution in [0.15, 0.2) is 12.2 Å². The number of hydrogen-bond donors (Lipinski definition) is 1. The second-order valence-corrected chi connectivity index (χ2v) is 2.23. The fraction of sp³-hybridized carbons (Fsp3) is 0.400. The zero-order chi connectivity index (χ0) is 8.15. The van der Waals surface area contributed by atoms with Crippen LogP contribution in [0.25, 0.3) is 0 Å². The first kappa shape index (κ1) is 9.27. The second-order valence-electron chi connectivity index (χ2n) is 1.57. The lowest BCUT2D eigenvalue weighted by atomic mass is 10.2. The Morgan fingerprint density at radius 2 is 2.30 bits per heavy atom. The molecule has 1 unspecified atom stereocenters. The van der Waals surface area contributed by atoms with E-state index in [2.05, 4.69) is 11.1 Å². The van der Waals surface area contributed by atoms with Crippen LogP contribution in [0.3, 0.4) is 0 Å². The van der Waals surface area contributed by atoms with Crippen molar-refractivity contribution in [2.24, 2.45) is 0 Å². The maximum atomic E-state index is 10.5. The molecule has 0 aliphatic heterocycles. The quantitative estimate of drug-likeness (QED) is 0.500. The van der Waals surface area contributed by atoms with Crippen LogP contribution in [-0.2, 0) is 13.9 Å². The fourth-order valence-electron chi connectivity index (χ4n) is 0.280. The minimum absolute atomic E-state index is 0.192. The third-order valence-electron chi connectivity index (χ3n) is 0.876. The highest BCUT2D eigenvalue weighted by atomic mass is 31.1. The van der Waals surface area contributed by atoms with Crippen LogP contribution in [0.4, 0.5) is 0 Å². The Hall–Kier alpha value is -0.730. The molecule has 56 valence electrons. The Labute approximate surface area is 59.5 Å². The Morgan fingerprint density at radius 3 is 2.60 bits per heavy atom. The van der Waals surface area contributed by atoms with Crippen molar-refractivity contribution in [2.45, 2.75) is 13.3 Å². The zero-order valence-corrected chi connectivity index (χ0v) is 6.43. The van der Waals surface area contributed by atoms with E-state index in [9.17, 15) is 9.36 Å². The van der Waals surface area contributed by atoms with Crippen LogP contribution >= 0.6 is 8.25 Å². The van der Waals surface area contributed by atoms with E-state index in [1.54, 1.807) is 6.92 Å². The molecule has 0 amide bonds. The lowest BCUT2D eigenvalue weighted by molar-refractivity contribution is -0.130. The van der Waals surface area contributed by atoms with Gasteiger partial charge in [0.05, 0.1) is 0 Å². The molecule has 10 heavy (non-hydrogen) atoms. The first-order chi connectivity index (χ1) is 4.57. The van der Waals surface area contributed by atoms with Gasteiger partial charge in [-0.1, -0.05) is 13.5 Å². The molecule has 0 aromatic rings. The summed E-state index contributed by atoms with van der Waals surface area (Å²) in [7, 11) is -2.84. The SMILES string of the molecule is C=C(CC)C(=O)O[P+](=O)O. The van der Waals surface area contributed by atoms with Gasteiger partial charge in [0.15, 0.2) is 0 Å². The van der Waals surface area contributed by atoms with Gasteiger partial charge in [-0.3, -0.25) is 0 Å². The van der Waals surface area contributed by atoms with Crippen LogP contribution in [0.1, 0.15) is 13.3 Å². The van der Waals surface area contributed by atoms with Gasteiger partial charge in [0.25, 0.3) is 0 Å². The van der Waals surface area contributed by atoms with Gasteiger partial charge >= 0.3 is 14.2 Å². The predicted molar refractivity (Wildman–Crippen MR) is 35.3 cm³/mol. The van der Waals surface area contributed by atoms with Crippen molar-refractivity contribution in [1.29, 1.82) is 0 Å². The van der Waals surface area contributed by atoms with Gasteiger partial charge in [0.2, 0.25) is 0 Å². The third-order valence-corrected chi connectivity index (χ3v) is 1.20. The van der Waals surface area contributed by atoms with E-state index in [0.717, 1.165) is 0 Å². The summed E-state index contributed by atoms with van der Waals surface area (Å²) in [6.45, 7) is 5.01. The van der Waals surface area contributed by atoms with Crippen molar-refractivity contribution < 1.29 is 18.8 Å². The molecule has 0 aliphatic carbocycles. The van der Waals surface area contributed by atoms with E-state index in [-0.39, 0.29) is 5.57 Å². The van der Waals surface area contributed by atoms with Gasteiger partial charge in [-0.15, -0.1) is 4.89 Å². The molecule has 0 fully saturated rings. The van der Waals surface area contributed by atoms with E-state index in [1.807, 2.05) is 0 Å². The Kier molecular flexibility index (Phi) is 3.84. The van der Waals surface area contributed by atoms with Crippen LogP contribution < -0.4 is 0 Å². The topological polar surface area (TPSA) is 63.6 Å². The molecule has 0 rings (SSSR count). The van der Waals surface area contributed by atoms with Crippen LogP contribution in [0.5, 0.6) is 0 Å². The Morgan fingerprint density at radius 1 is 1.80 bits per heavy atom. The molecule has 1 atom stereocenters. The molecule has 0 heterocycles. The first-order valence-corrected chi connectivity index (χ1v) is 3.77. The van der Waals surface area contributed by atoms with Gasteiger partial charge < -0.3 is 0 Å². The highest BCUT2D eigenvalue weighted by molar-refractivity contribution is 7.32. The molecule has 0 bridgehead atoms. The maximum Gasteiger partial charge on any atom is 0.750 e. The smallest absolute Gasteiger partial charge is 0.241 e. The molecule has 0 spiro atoms. The van der Waals surface area contributed by atoms with E-state index in [1.165, 1.54) is 0 Å². The first-order valence-electron chi connectivity index (χ1n) is 2.64. The van der Waals surface area contributed by atoms with Crippen molar-refractivity contribution in [3.05, 3.63) is 12.2 Å². The average molecular weight is 163 g/mol. The van der Waals surface area contributed by atoms with Crippen LogP contribution in [-0.4, -0.2) is 10.9 Å². The average Bonchev–Trinajstić information content (AvgIpc) is 1.85. The Balaban J connectivity index is 3.86. The van der Waals surface area contributed by atoms with Crippen molar-refractivity contribution in [2.75, 3.05) is 0 Å². The second kappa shape index (κ2) is 4.14. The van der Waals surface area contributed by atoms with Gasteiger partial charge in [-0.05, 0) is 6.42 Å². The minimum atomic E-state index is -2.84. The summed E-state index contributed by atoms with van der Waals surface area (Å²) in [5.41, 5.74) is 0.192. The molecule has 1 N–H and O–H groups in total. The largest absolute Gasteiger partial charge is 0.750 e. The van der Waals surface area contributed by atoms with Crippen molar-refractivity contribution in [1.82, 2.24) is 0 Å². The van der Waals surface area contributed by atoms with Crippen molar-refractivity contribution in [3.63, 3.8) is 0 Å². The van der Waals surface area contributed by atoms with E-state index in [0.29, 0.717) is 6.42 Å². The molecule has 4 nitrogen and oxygen atoms in total. The van der Waals surface area contributed by atoms with E-state index in [4.69, 9.17) is 4.89 Å². The summed E-state index contributed by atoms with van der Waals surface area (Å²) < 4.78 is 13.8. The van der Waals surface area contributed by atoms with Gasteiger partial charge in [0.1, 0.15) is 0 Å². The normalized spacial score (nSPS) is 10.4. The standard InChI is InChI=1S/C5H7O4P/c1-3-4(2)5(6)9-10(7)8/h2-3H2,1H3/p+1. The Bertz CT molecular complexity index is 174. The predicted octanol–water partition coefficient (Wildman–Crippen LogP) is 1.15. The number of carbonyl (C=O) groups is 1. The highest BCUT2D eigenvalue weighted by Gasteiger charge is 2.21. The molecular formula is C5H8O4P+.